The van der Waals surface area contributed by atoms with Gasteiger partial charge in [0.05, 0.1) is 37.1 Å². The van der Waals surface area contributed by atoms with Gasteiger partial charge in [0, 0.05) is 16.9 Å². The number of hydrogen-bond acceptors (Lipinski definition) is 5. The van der Waals surface area contributed by atoms with Crippen molar-refractivity contribution in [3.63, 3.8) is 0 Å². The summed E-state index contributed by atoms with van der Waals surface area (Å²) in [6.45, 7) is 2.95. The summed E-state index contributed by atoms with van der Waals surface area (Å²) in [7, 11) is 0. The van der Waals surface area contributed by atoms with Gasteiger partial charge in [-0.2, -0.15) is 5.10 Å². The second-order valence-electron chi connectivity index (χ2n) is 9.82. The van der Waals surface area contributed by atoms with Crippen LogP contribution in [0.1, 0.15) is 31.7 Å². The van der Waals surface area contributed by atoms with Crippen LogP contribution >= 0.6 is 11.6 Å². The fraction of sp³-hybridized carbons (Fsp3) is 0.226. The first kappa shape index (κ1) is 28.8. The molecule has 0 saturated carbocycles. The third-order valence-corrected chi connectivity index (χ3v) is 6.98. The maximum absolute atomic E-state index is 13.7. The molecule has 1 aliphatic heterocycles. The zero-order chi connectivity index (χ0) is 29.6. The summed E-state index contributed by atoms with van der Waals surface area (Å²) < 4.78 is 20.6. The van der Waals surface area contributed by atoms with E-state index in [0.717, 1.165) is 23.3 Å². The maximum Gasteiger partial charge on any atom is 0.327 e. The van der Waals surface area contributed by atoms with Gasteiger partial charge in [0.1, 0.15) is 17.6 Å². The van der Waals surface area contributed by atoms with Gasteiger partial charge < -0.3 is 10.1 Å². The predicted octanol–water partition coefficient (Wildman–Crippen LogP) is 6.27. The Bertz CT molecular complexity index is 1570. The summed E-state index contributed by atoms with van der Waals surface area (Å²) >= 11 is 6.10. The number of hydrogen-bond donors (Lipinski definition) is 1. The Morgan fingerprint density at radius 1 is 1.12 bits per heavy atom. The predicted molar refractivity (Wildman–Crippen MR) is 158 cm³/mol. The number of carbonyl (C=O) groups excluding carboxylic acids is 3. The normalized spacial score (nSPS) is 14.7. The number of benzene rings is 3. The molecule has 1 atom stereocenters. The molecular formula is C31H29ClFN5O4. The van der Waals surface area contributed by atoms with E-state index in [2.05, 4.69) is 17.3 Å². The molecule has 3 aromatic carbocycles. The Labute approximate surface area is 247 Å². The lowest BCUT2D eigenvalue weighted by Crippen LogP contribution is -2.47. The van der Waals surface area contributed by atoms with Crippen LogP contribution < -0.4 is 19.9 Å². The average Bonchev–Trinajstić information content (AvgIpc) is 3.54. The number of halogens is 2. The number of aromatic nitrogens is 2. The van der Waals surface area contributed by atoms with Crippen LogP contribution in [-0.2, 0) is 16.1 Å². The number of ether oxygens (including phenoxy) is 1. The van der Waals surface area contributed by atoms with E-state index in [-0.39, 0.29) is 12.2 Å². The van der Waals surface area contributed by atoms with Gasteiger partial charge in [0.25, 0.3) is 5.91 Å². The van der Waals surface area contributed by atoms with Gasteiger partial charge >= 0.3 is 6.03 Å². The second-order valence-corrected chi connectivity index (χ2v) is 10.3. The van der Waals surface area contributed by atoms with Crippen molar-refractivity contribution in [1.29, 1.82) is 0 Å². The molecule has 2 heterocycles. The van der Waals surface area contributed by atoms with E-state index in [1.54, 1.807) is 71.5 Å². The van der Waals surface area contributed by atoms with Gasteiger partial charge in [-0.05, 0) is 66.6 Å². The van der Waals surface area contributed by atoms with E-state index in [1.165, 1.54) is 23.2 Å². The van der Waals surface area contributed by atoms with Crippen LogP contribution in [0.25, 0.3) is 0 Å². The summed E-state index contributed by atoms with van der Waals surface area (Å²) in [5.74, 6) is -0.702. The molecule has 0 bridgehead atoms. The fourth-order valence-corrected chi connectivity index (χ4v) is 4.83. The average molecular weight is 590 g/mol. The summed E-state index contributed by atoms with van der Waals surface area (Å²) in [5.41, 5.74) is 1.91. The smallest absolute Gasteiger partial charge is 0.327 e. The minimum absolute atomic E-state index is 0.223. The minimum Gasteiger partial charge on any atom is -0.494 e. The van der Waals surface area contributed by atoms with E-state index in [0.29, 0.717) is 41.0 Å². The highest BCUT2D eigenvalue weighted by atomic mass is 35.5. The van der Waals surface area contributed by atoms with E-state index in [9.17, 15) is 18.8 Å². The van der Waals surface area contributed by atoms with Gasteiger partial charge in [-0.1, -0.05) is 43.1 Å². The Morgan fingerprint density at radius 2 is 1.88 bits per heavy atom. The third-order valence-electron chi connectivity index (χ3n) is 6.75. The van der Waals surface area contributed by atoms with Crippen molar-refractivity contribution >= 4 is 46.5 Å². The quantitative estimate of drug-likeness (QED) is 0.174. The molecule has 1 fully saturated rings. The number of imide groups is 1. The first-order chi connectivity index (χ1) is 20.3. The molecule has 5 rings (SSSR count). The fourth-order valence-electron chi connectivity index (χ4n) is 4.64. The number of amides is 4. The monoisotopic (exact) mass is 589 g/mol. The highest BCUT2D eigenvalue weighted by molar-refractivity contribution is 6.31. The first-order valence-corrected chi connectivity index (χ1v) is 13.9. The Kier molecular flexibility index (Phi) is 8.83. The molecule has 1 unspecified atom stereocenters. The molecule has 4 amide bonds. The first-order valence-electron chi connectivity index (χ1n) is 13.5. The SMILES string of the molecule is CCCCOc1ccc(N2C(=O)CC(N(C(=O)Nc3cccc(Cl)c3)c3cnn(Cc4ccc(F)cc4)c3)C2=O)cc1. The topological polar surface area (TPSA) is 96.8 Å². The van der Waals surface area contributed by atoms with Gasteiger partial charge in [0.15, 0.2) is 0 Å². The van der Waals surface area contributed by atoms with Crippen molar-refractivity contribution in [1.82, 2.24) is 9.78 Å². The van der Waals surface area contributed by atoms with Crippen LogP contribution in [0.5, 0.6) is 5.75 Å². The van der Waals surface area contributed by atoms with Gasteiger partial charge in [-0.25, -0.2) is 14.1 Å². The zero-order valence-corrected chi connectivity index (χ0v) is 23.6. The highest BCUT2D eigenvalue weighted by Gasteiger charge is 2.45. The van der Waals surface area contributed by atoms with Crippen molar-refractivity contribution in [2.75, 3.05) is 21.7 Å². The molecule has 11 heteroatoms. The van der Waals surface area contributed by atoms with Crippen molar-refractivity contribution in [2.45, 2.75) is 38.8 Å². The number of rotatable bonds is 10. The lowest BCUT2D eigenvalue weighted by atomic mass is 10.2. The molecular weight excluding hydrogens is 561 g/mol. The molecule has 1 saturated heterocycles. The second kappa shape index (κ2) is 12.9. The summed E-state index contributed by atoms with van der Waals surface area (Å²) in [5, 5.41) is 7.54. The van der Waals surface area contributed by atoms with Gasteiger partial charge in [-0.3, -0.25) is 19.2 Å². The van der Waals surface area contributed by atoms with E-state index < -0.39 is 23.9 Å². The van der Waals surface area contributed by atoms with Crippen LogP contribution in [0.3, 0.4) is 0 Å². The van der Waals surface area contributed by atoms with Gasteiger partial charge in [-0.15, -0.1) is 0 Å². The Morgan fingerprint density at radius 3 is 2.60 bits per heavy atom. The standard InChI is InChI=1S/C31H29ClFN5O4/c1-2-3-15-42-27-13-11-25(12-14-27)38-29(39)17-28(30(38)40)37(31(41)35-24-6-4-5-22(32)16-24)26-18-34-36(20-26)19-21-7-9-23(33)10-8-21/h4-14,16,18,20,28H,2-3,15,17,19H2,1H3,(H,35,41). The van der Waals surface area contributed by atoms with Crippen LogP contribution in [0, 0.1) is 5.82 Å². The third kappa shape index (κ3) is 6.60. The van der Waals surface area contributed by atoms with Crippen LogP contribution in [0.15, 0.2) is 85.2 Å². The number of anilines is 3. The Hall–Kier alpha value is -4.70. The molecule has 0 aliphatic carbocycles. The molecule has 1 aliphatic rings. The van der Waals surface area contributed by atoms with Crippen molar-refractivity contribution < 1.29 is 23.5 Å². The minimum atomic E-state index is -1.12. The zero-order valence-electron chi connectivity index (χ0n) is 22.9. The summed E-state index contributed by atoms with van der Waals surface area (Å²) in [6.07, 6.45) is 4.75. The summed E-state index contributed by atoms with van der Waals surface area (Å²) in [4.78, 5) is 42.9. The number of nitrogens with zero attached hydrogens (tertiary/aromatic N) is 4. The summed E-state index contributed by atoms with van der Waals surface area (Å²) in [6, 6.07) is 17.5. The van der Waals surface area contributed by atoms with E-state index in [1.807, 2.05) is 0 Å². The number of nitrogens with one attached hydrogen (secondary N) is 1. The van der Waals surface area contributed by atoms with Gasteiger partial charge in [0.2, 0.25) is 5.91 Å². The molecule has 9 nitrogen and oxygen atoms in total. The molecule has 4 aromatic rings. The van der Waals surface area contributed by atoms with Crippen molar-refractivity contribution in [3.05, 3.63) is 102 Å². The number of unbranched alkanes of at least 4 members (excludes halogenated alkanes) is 1. The van der Waals surface area contributed by atoms with Crippen LogP contribution in [-0.4, -0.2) is 40.3 Å². The number of urea groups is 1. The molecule has 0 spiro atoms. The number of carbonyl (C=O) groups is 3. The molecule has 42 heavy (non-hydrogen) atoms. The molecule has 1 aromatic heterocycles. The Balaban J connectivity index is 1.41. The molecule has 1 N–H and O–H groups in total. The maximum atomic E-state index is 13.7. The largest absolute Gasteiger partial charge is 0.494 e. The highest BCUT2D eigenvalue weighted by Crippen LogP contribution is 2.31. The lowest BCUT2D eigenvalue weighted by molar-refractivity contribution is -0.121. The molecule has 0 radical (unpaired) electrons. The van der Waals surface area contributed by atoms with Crippen molar-refractivity contribution in [2.24, 2.45) is 0 Å². The van der Waals surface area contributed by atoms with E-state index >= 15 is 0 Å². The van der Waals surface area contributed by atoms with Crippen LogP contribution in [0.2, 0.25) is 5.02 Å². The van der Waals surface area contributed by atoms with Crippen molar-refractivity contribution in [3.8, 4) is 5.75 Å². The van der Waals surface area contributed by atoms with Crippen LogP contribution in [0.4, 0.5) is 26.2 Å². The molecule has 216 valence electrons. The lowest BCUT2D eigenvalue weighted by Gasteiger charge is -2.26. The van der Waals surface area contributed by atoms with E-state index in [4.69, 9.17) is 16.3 Å².